The van der Waals surface area contributed by atoms with Gasteiger partial charge in [0.15, 0.2) is 23.6 Å². The average Bonchev–Trinajstić information content (AvgIpc) is 2.98. The standard InChI is InChI=1S/C12H16FN5O4/c1-12(20)7(13)5(3-19)22-10(12)18-4-15-6-8(18)16-11(14)17-9(6)21-2/h4-5,7,10,19-20H,3H2,1-2H3,(H2,14,16,17)/t5-,7+,10-,12-/m1/s1. The predicted octanol–water partition coefficient (Wildman–Crippen LogP) is -0.604. The number of aliphatic hydroxyl groups is 2. The molecule has 1 fully saturated rings. The van der Waals surface area contributed by atoms with Gasteiger partial charge in [0, 0.05) is 0 Å². The lowest BCUT2D eigenvalue weighted by molar-refractivity contribution is -0.0892. The van der Waals surface area contributed by atoms with Gasteiger partial charge in [-0.3, -0.25) is 4.57 Å². The highest BCUT2D eigenvalue weighted by Gasteiger charge is 2.54. The molecule has 0 radical (unpaired) electrons. The molecule has 120 valence electrons. The van der Waals surface area contributed by atoms with Crippen molar-refractivity contribution < 1.29 is 24.1 Å². The molecule has 9 nitrogen and oxygen atoms in total. The summed E-state index contributed by atoms with van der Waals surface area (Å²) < 4.78 is 26.0. The number of halogens is 1. The number of fused-ring (bicyclic) bond motifs is 1. The molecule has 0 unspecified atom stereocenters. The maximum absolute atomic E-state index is 14.2. The highest BCUT2D eigenvalue weighted by molar-refractivity contribution is 5.77. The van der Waals surface area contributed by atoms with Crippen molar-refractivity contribution in [3.05, 3.63) is 6.33 Å². The van der Waals surface area contributed by atoms with E-state index in [9.17, 15) is 9.50 Å². The first-order chi connectivity index (χ1) is 10.4. The fourth-order valence-corrected chi connectivity index (χ4v) is 2.59. The molecular weight excluding hydrogens is 297 g/mol. The number of methoxy groups -OCH3 is 1. The number of hydrogen-bond acceptors (Lipinski definition) is 8. The Labute approximate surface area is 124 Å². The van der Waals surface area contributed by atoms with Crippen molar-refractivity contribution in [1.82, 2.24) is 19.5 Å². The summed E-state index contributed by atoms with van der Waals surface area (Å²) in [7, 11) is 1.40. The van der Waals surface area contributed by atoms with E-state index in [-0.39, 0.29) is 17.5 Å². The Morgan fingerprint density at radius 2 is 2.27 bits per heavy atom. The fourth-order valence-electron chi connectivity index (χ4n) is 2.59. The second-order valence-corrected chi connectivity index (χ2v) is 5.25. The number of hydrogen-bond donors (Lipinski definition) is 3. The van der Waals surface area contributed by atoms with E-state index in [1.165, 1.54) is 24.9 Å². The Hall–Kier alpha value is -2.04. The van der Waals surface area contributed by atoms with Crippen LogP contribution in [-0.4, -0.2) is 61.3 Å². The lowest BCUT2D eigenvalue weighted by Gasteiger charge is -2.26. The molecule has 3 rings (SSSR count). The molecule has 0 amide bonds. The molecule has 4 N–H and O–H groups in total. The van der Waals surface area contributed by atoms with Gasteiger partial charge in [-0.1, -0.05) is 0 Å². The number of nitrogens with zero attached hydrogens (tertiary/aromatic N) is 4. The highest BCUT2D eigenvalue weighted by atomic mass is 19.1. The van der Waals surface area contributed by atoms with Crippen LogP contribution >= 0.6 is 0 Å². The molecule has 10 heteroatoms. The van der Waals surface area contributed by atoms with Crippen molar-refractivity contribution in [3.8, 4) is 5.88 Å². The smallest absolute Gasteiger partial charge is 0.246 e. The summed E-state index contributed by atoms with van der Waals surface area (Å²) in [6.07, 6.45) is -2.70. The quantitative estimate of drug-likeness (QED) is 0.685. The normalized spacial score (nSPS) is 31.8. The van der Waals surface area contributed by atoms with Crippen molar-refractivity contribution in [3.63, 3.8) is 0 Å². The lowest BCUT2D eigenvalue weighted by Crippen LogP contribution is -2.41. The van der Waals surface area contributed by atoms with Crippen LogP contribution in [0.1, 0.15) is 13.2 Å². The van der Waals surface area contributed by atoms with E-state index >= 15 is 0 Å². The minimum absolute atomic E-state index is 0.0563. The first-order valence-electron chi connectivity index (χ1n) is 6.57. The summed E-state index contributed by atoms with van der Waals surface area (Å²) in [4.78, 5) is 12.0. The second-order valence-electron chi connectivity index (χ2n) is 5.25. The minimum Gasteiger partial charge on any atom is -0.479 e. The molecule has 0 spiro atoms. The van der Waals surface area contributed by atoms with Crippen molar-refractivity contribution in [1.29, 1.82) is 0 Å². The Morgan fingerprint density at radius 1 is 1.55 bits per heavy atom. The highest BCUT2D eigenvalue weighted by Crippen LogP contribution is 2.41. The largest absolute Gasteiger partial charge is 0.479 e. The lowest BCUT2D eigenvalue weighted by atomic mass is 9.98. The molecule has 1 saturated heterocycles. The number of aromatic nitrogens is 4. The Morgan fingerprint density at radius 3 is 2.86 bits per heavy atom. The second kappa shape index (κ2) is 5.00. The summed E-state index contributed by atoms with van der Waals surface area (Å²) in [5.41, 5.74) is 4.29. The van der Waals surface area contributed by atoms with Crippen molar-refractivity contribution in [2.24, 2.45) is 0 Å². The molecule has 2 aromatic rings. The summed E-state index contributed by atoms with van der Waals surface area (Å²) >= 11 is 0. The number of anilines is 1. The molecule has 1 aliphatic heterocycles. The van der Waals surface area contributed by atoms with Crippen molar-refractivity contribution in [2.75, 3.05) is 19.5 Å². The molecule has 0 aliphatic carbocycles. The zero-order valence-corrected chi connectivity index (χ0v) is 12.0. The molecule has 3 heterocycles. The number of ether oxygens (including phenoxy) is 2. The van der Waals surface area contributed by atoms with Crippen LogP contribution in [0.25, 0.3) is 11.2 Å². The van der Waals surface area contributed by atoms with Crippen LogP contribution in [0.3, 0.4) is 0 Å². The molecule has 4 atom stereocenters. The topological polar surface area (TPSA) is 129 Å². The van der Waals surface area contributed by atoms with Gasteiger partial charge in [-0.15, -0.1) is 0 Å². The molecule has 0 saturated carbocycles. The maximum atomic E-state index is 14.2. The molecular formula is C12H16FN5O4. The third kappa shape index (κ3) is 1.99. The number of aliphatic hydroxyl groups excluding tert-OH is 1. The monoisotopic (exact) mass is 313 g/mol. The third-order valence-electron chi connectivity index (χ3n) is 3.72. The van der Waals surface area contributed by atoms with Crippen LogP contribution in [0.4, 0.5) is 10.3 Å². The van der Waals surface area contributed by atoms with E-state index in [1.807, 2.05) is 0 Å². The molecule has 0 aromatic carbocycles. The van der Waals surface area contributed by atoms with Gasteiger partial charge in [-0.25, -0.2) is 9.37 Å². The number of alkyl halides is 1. The summed E-state index contributed by atoms with van der Waals surface area (Å²) in [5, 5.41) is 19.5. The first-order valence-corrected chi connectivity index (χ1v) is 6.57. The van der Waals surface area contributed by atoms with Gasteiger partial charge in [0.1, 0.15) is 11.7 Å². The van der Waals surface area contributed by atoms with E-state index in [0.29, 0.717) is 5.52 Å². The van der Waals surface area contributed by atoms with Gasteiger partial charge in [0.25, 0.3) is 0 Å². The van der Waals surface area contributed by atoms with Crippen LogP contribution in [0.5, 0.6) is 5.88 Å². The van der Waals surface area contributed by atoms with E-state index in [2.05, 4.69) is 15.0 Å². The average molecular weight is 313 g/mol. The Bertz CT molecular complexity index is 706. The van der Waals surface area contributed by atoms with E-state index in [4.69, 9.17) is 20.3 Å². The Balaban J connectivity index is 2.13. The number of nitrogen functional groups attached to an aromatic ring is 1. The number of rotatable bonds is 3. The van der Waals surface area contributed by atoms with Gasteiger partial charge >= 0.3 is 0 Å². The van der Waals surface area contributed by atoms with Gasteiger partial charge in [-0.05, 0) is 6.92 Å². The van der Waals surface area contributed by atoms with Crippen molar-refractivity contribution >= 4 is 17.1 Å². The summed E-state index contributed by atoms with van der Waals surface area (Å²) in [6.45, 7) is 0.729. The summed E-state index contributed by atoms with van der Waals surface area (Å²) in [6, 6.07) is 0. The van der Waals surface area contributed by atoms with Crippen LogP contribution in [0, 0.1) is 0 Å². The molecule has 22 heavy (non-hydrogen) atoms. The zero-order chi connectivity index (χ0) is 16.1. The number of nitrogens with two attached hydrogens (primary N) is 1. The van der Waals surface area contributed by atoms with E-state index < -0.39 is 30.7 Å². The summed E-state index contributed by atoms with van der Waals surface area (Å²) in [5.74, 6) is 0.105. The number of imidazole rings is 1. The van der Waals surface area contributed by atoms with Crippen LogP contribution < -0.4 is 10.5 Å². The van der Waals surface area contributed by atoms with E-state index in [0.717, 1.165) is 0 Å². The van der Waals surface area contributed by atoms with Gasteiger partial charge < -0.3 is 25.4 Å². The zero-order valence-electron chi connectivity index (χ0n) is 12.0. The van der Waals surface area contributed by atoms with Gasteiger partial charge in [-0.2, -0.15) is 9.97 Å². The third-order valence-corrected chi connectivity index (χ3v) is 3.72. The fraction of sp³-hybridized carbons (Fsp3) is 0.583. The van der Waals surface area contributed by atoms with Crippen LogP contribution in [-0.2, 0) is 4.74 Å². The first kappa shape index (κ1) is 14.9. The van der Waals surface area contributed by atoms with Gasteiger partial charge in [0.05, 0.1) is 20.0 Å². The minimum atomic E-state index is -1.87. The molecule has 2 aromatic heterocycles. The van der Waals surface area contributed by atoms with Crippen molar-refractivity contribution in [2.45, 2.75) is 31.0 Å². The van der Waals surface area contributed by atoms with E-state index in [1.54, 1.807) is 0 Å². The van der Waals surface area contributed by atoms with Crippen LogP contribution in [0.15, 0.2) is 6.33 Å². The maximum Gasteiger partial charge on any atom is 0.246 e. The SMILES string of the molecule is COc1nc(N)nc2c1ncn2[C@@H]1O[C@H](CO)[C@H](F)[C@@]1(C)O. The molecule has 1 aliphatic rings. The Kier molecular flexibility index (Phi) is 3.38. The van der Waals surface area contributed by atoms with Crippen LogP contribution in [0.2, 0.25) is 0 Å². The predicted molar refractivity (Wildman–Crippen MR) is 72.8 cm³/mol. The molecule has 0 bridgehead atoms. The van der Waals surface area contributed by atoms with Gasteiger partial charge in [0.2, 0.25) is 11.8 Å².